The lowest BCUT2D eigenvalue weighted by molar-refractivity contribution is -0.106. The topological polar surface area (TPSA) is 66.3 Å². The summed E-state index contributed by atoms with van der Waals surface area (Å²) in [6.45, 7) is 0.571. The molecule has 2 rings (SSSR count). The molecule has 2 aromatic rings. The lowest BCUT2D eigenvalue weighted by Crippen LogP contribution is -2.44. The van der Waals surface area contributed by atoms with Crippen molar-refractivity contribution in [2.45, 2.75) is 6.54 Å². The van der Waals surface area contributed by atoms with Gasteiger partial charge in [0, 0.05) is 10.6 Å². The second kappa shape index (κ2) is 8.14. The van der Waals surface area contributed by atoms with E-state index in [4.69, 9.17) is 39.8 Å². The molecule has 1 aromatic carbocycles. The van der Waals surface area contributed by atoms with Crippen LogP contribution in [-0.4, -0.2) is 17.9 Å². The molecule has 1 aromatic heterocycles. The summed E-state index contributed by atoms with van der Waals surface area (Å²) >= 11 is 17.0. The molecule has 5 nitrogen and oxygen atoms in total. The first-order valence-electron chi connectivity index (χ1n) is 6.34. The number of carbonyl (C=O) groups is 1. The number of aldehydes is 1. The highest BCUT2D eigenvalue weighted by Crippen LogP contribution is 2.31. The van der Waals surface area contributed by atoms with Gasteiger partial charge in [-0.1, -0.05) is 23.2 Å². The Bertz CT molecular complexity index is 676. The summed E-state index contributed by atoms with van der Waals surface area (Å²) in [5.41, 5.74) is 6.39. The number of nitrogens with one attached hydrogen (secondary N) is 3. The Balaban J connectivity index is 1.91. The van der Waals surface area contributed by atoms with Gasteiger partial charge in [-0.15, -0.1) is 0 Å². The number of hydrazine groups is 1. The van der Waals surface area contributed by atoms with E-state index in [2.05, 4.69) is 16.2 Å². The summed E-state index contributed by atoms with van der Waals surface area (Å²) in [6.07, 6.45) is 0.725. The molecule has 0 atom stereocenters. The average molecular weight is 358 g/mol. The summed E-state index contributed by atoms with van der Waals surface area (Å²) in [6, 6.07) is 8.88. The van der Waals surface area contributed by atoms with E-state index < -0.39 is 0 Å². The molecule has 3 N–H and O–H groups in total. The van der Waals surface area contributed by atoms with Crippen molar-refractivity contribution in [1.29, 1.82) is 0 Å². The van der Waals surface area contributed by atoms with Gasteiger partial charge < -0.3 is 14.5 Å². The fraction of sp³-hybridized carbons (Fsp3) is 0.143. The van der Waals surface area contributed by atoms with Crippen molar-refractivity contribution in [3.63, 3.8) is 0 Å². The zero-order valence-corrected chi connectivity index (χ0v) is 13.7. The zero-order chi connectivity index (χ0) is 15.9. The van der Waals surface area contributed by atoms with Crippen molar-refractivity contribution in [2.24, 2.45) is 0 Å². The number of furan rings is 1. The molecule has 0 aliphatic rings. The molecule has 116 valence electrons. The predicted octanol–water partition coefficient (Wildman–Crippen LogP) is 2.92. The van der Waals surface area contributed by atoms with E-state index in [-0.39, 0.29) is 6.54 Å². The minimum atomic E-state index is 0.160. The van der Waals surface area contributed by atoms with E-state index >= 15 is 0 Å². The van der Waals surface area contributed by atoms with Crippen LogP contribution in [0.5, 0.6) is 0 Å². The first-order chi connectivity index (χ1) is 10.6. The van der Waals surface area contributed by atoms with Gasteiger partial charge in [-0.2, -0.15) is 0 Å². The zero-order valence-electron chi connectivity index (χ0n) is 11.4. The smallest absolute Gasteiger partial charge is 0.181 e. The Labute approximate surface area is 142 Å². The number of thiocarbonyl (C=S) groups is 1. The van der Waals surface area contributed by atoms with Crippen molar-refractivity contribution in [3.05, 3.63) is 46.1 Å². The highest BCUT2D eigenvalue weighted by molar-refractivity contribution is 7.80. The maximum Gasteiger partial charge on any atom is 0.181 e. The average Bonchev–Trinajstić information content (AvgIpc) is 2.93. The summed E-state index contributed by atoms with van der Waals surface area (Å²) in [5.74, 6) is 1.35. The highest BCUT2D eigenvalue weighted by atomic mass is 35.5. The first kappa shape index (κ1) is 16.8. The molecular weight excluding hydrogens is 345 g/mol. The third-order valence-corrected chi connectivity index (χ3v) is 3.46. The van der Waals surface area contributed by atoms with Crippen molar-refractivity contribution in [2.75, 3.05) is 6.54 Å². The normalized spacial score (nSPS) is 10.3. The molecule has 1 heterocycles. The van der Waals surface area contributed by atoms with Crippen molar-refractivity contribution >= 4 is 46.8 Å². The molecule has 0 radical (unpaired) electrons. The second-order valence-corrected chi connectivity index (χ2v) is 5.50. The molecule has 0 aliphatic carbocycles. The van der Waals surface area contributed by atoms with Crippen LogP contribution in [0.2, 0.25) is 10.0 Å². The van der Waals surface area contributed by atoms with Crippen LogP contribution >= 0.6 is 35.4 Å². The fourth-order valence-corrected chi connectivity index (χ4v) is 2.35. The lowest BCUT2D eigenvalue weighted by atomic mass is 10.2. The van der Waals surface area contributed by atoms with E-state index in [1.165, 1.54) is 0 Å². The number of benzene rings is 1. The van der Waals surface area contributed by atoms with Crippen LogP contribution in [0.3, 0.4) is 0 Å². The molecule has 0 amide bonds. The van der Waals surface area contributed by atoms with Crippen molar-refractivity contribution in [3.8, 4) is 11.3 Å². The van der Waals surface area contributed by atoms with Crippen LogP contribution in [-0.2, 0) is 11.3 Å². The van der Waals surface area contributed by atoms with Crippen molar-refractivity contribution in [1.82, 2.24) is 16.2 Å². The monoisotopic (exact) mass is 357 g/mol. The van der Waals surface area contributed by atoms with Gasteiger partial charge in [-0.25, -0.2) is 5.43 Å². The van der Waals surface area contributed by atoms with E-state index in [1.807, 2.05) is 12.1 Å². The standard InChI is InChI=1S/C14H13Cl2N3O2S/c15-9-1-3-11(12(16)7-9)13-4-2-10(21-13)8-18-19-14(22)17-5-6-20/h1-4,6-7,18H,5,8H2,(H2,17,19,22). The number of halogens is 2. The quantitative estimate of drug-likeness (QED) is 0.419. The summed E-state index contributed by atoms with van der Waals surface area (Å²) in [7, 11) is 0. The molecule has 0 fully saturated rings. The maximum absolute atomic E-state index is 10.2. The van der Waals surface area contributed by atoms with Crippen LogP contribution in [0, 0.1) is 0 Å². The van der Waals surface area contributed by atoms with Gasteiger partial charge in [0.25, 0.3) is 0 Å². The Kier molecular flexibility index (Phi) is 6.21. The van der Waals surface area contributed by atoms with Crippen LogP contribution in [0.15, 0.2) is 34.7 Å². The van der Waals surface area contributed by atoms with Crippen LogP contribution in [0.4, 0.5) is 0 Å². The number of hydrogen-bond acceptors (Lipinski definition) is 4. The Morgan fingerprint density at radius 2 is 2.09 bits per heavy atom. The van der Waals surface area contributed by atoms with Crippen LogP contribution in [0.1, 0.15) is 5.76 Å². The molecule has 0 aliphatic heterocycles. The molecule has 8 heteroatoms. The van der Waals surface area contributed by atoms with Gasteiger partial charge in [0.1, 0.15) is 17.8 Å². The lowest BCUT2D eigenvalue weighted by Gasteiger charge is -2.08. The molecule has 0 saturated heterocycles. The minimum absolute atomic E-state index is 0.160. The third kappa shape index (κ3) is 4.71. The maximum atomic E-state index is 10.2. The van der Waals surface area contributed by atoms with Gasteiger partial charge in [0.05, 0.1) is 18.1 Å². The van der Waals surface area contributed by atoms with Crippen LogP contribution < -0.4 is 16.2 Å². The van der Waals surface area contributed by atoms with Gasteiger partial charge in [-0.05, 0) is 42.5 Å². The predicted molar refractivity (Wildman–Crippen MR) is 90.8 cm³/mol. The summed E-state index contributed by atoms with van der Waals surface area (Å²) in [4.78, 5) is 10.2. The van der Waals surface area contributed by atoms with Crippen molar-refractivity contribution < 1.29 is 9.21 Å². The third-order valence-electron chi connectivity index (χ3n) is 2.67. The number of hydrogen-bond donors (Lipinski definition) is 3. The minimum Gasteiger partial charge on any atom is -0.460 e. The van der Waals surface area contributed by atoms with Crippen LogP contribution in [0.25, 0.3) is 11.3 Å². The molecule has 0 unspecified atom stereocenters. The SMILES string of the molecule is O=CCNC(=S)NNCc1ccc(-c2ccc(Cl)cc2Cl)o1. The summed E-state index contributed by atoms with van der Waals surface area (Å²) in [5, 5.41) is 4.12. The van der Waals surface area contributed by atoms with E-state index in [0.29, 0.717) is 33.2 Å². The van der Waals surface area contributed by atoms with E-state index in [0.717, 1.165) is 11.8 Å². The summed E-state index contributed by atoms with van der Waals surface area (Å²) < 4.78 is 5.70. The molecule has 0 saturated carbocycles. The first-order valence-corrected chi connectivity index (χ1v) is 7.51. The van der Waals surface area contributed by atoms with E-state index in [1.54, 1.807) is 18.2 Å². The second-order valence-electron chi connectivity index (χ2n) is 4.25. The number of rotatable bonds is 6. The molecular formula is C14H13Cl2N3O2S. The molecule has 0 bridgehead atoms. The fourth-order valence-electron chi connectivity index (χ4n) is 1.70. The Hall–Kier alpha value is -1.60. The number of carbonyl (C=O) groups excluding carboxylic acids is 1. The Morgan fingerprint density at radius 1 is 1.27 bits per heavy atom. The molecule has 0 spiro atoms. The van der Waals surface area contributed by atoms with Gasteiger partial charge in [-0.3, -0.25) is 5.43 Å². The molecule has 22 heavy (non-hydrogen) atoms. The van der Waals surface area contributed by atoms with E-state index in [9.17, 15) is 4.79 Å². The van der Waals surface area contributed by atoms with Gasteiger partial charge in [0.15, 0.2) is 5.11 Å². The Morgan fingerprint density at radius 3 is 2.82 bits per heavy atom. The van der Waals surface area contributed by atoms with Gasteiger partial charge >= 0.3 is 0 Å². The highest BCUT2D eigenvalue weighted by Gasteiger charge is 2.09. The largest absolute Gasteiger partial charge is 0.460 e. The van der Waals surface area contributed by atoms with Gasteiger partial charge in [0.2, 0.25) is 0 Å².